The standard InChI is InChI=1S/C11H12F3N5O/c1-20-10(11(12,13)14)2-3-19(5-10)9-7-4-17-18-8(7)15-6-16-9/h4,6H,2-3,5H2,1H3,(H,15,16,17,18). The van der Waals surface area contributed by atoms with Crippen molar-refractivity contribution in [2.45, 2.75) is 18.2 Å². The molecule has 2 aromatic heterocycles. The van der Waals surface area contributed by atoms with Crippen LogP contribution in [0.25, 0.3) is 11.0 Å². The summed E-state index contributed by atoms with van der Waals surface area (Å²) in [5, 5.41) is 7.10. The molecule has 1 aliphatic heterocycles. The Morgan fingerprint density at radius 3 is 2.85 bits per heavy atom. The van der Waals surface area contributed by atoms with Gasteiger partial charge in [0.05, 0.1) is 18.1 Å². The van der Waals surface area contributed by atoms with Crippen LogP contribution in [0.1, 0.15) is 6.42 Å². The van der Waals surface area contributed by atoms with Crippen molar-refractivity contribution in [2.24, 2.45) is 0 Å². The average Bonchev–Trinajstić information content (AvgIpc) is 3.04. The van der Waals surface area contributed by atoms with Gasteiger partial charge in [-0.3, -0.25) is 5.10 Å². The molecule has 0 aromatic carbocycles. The summed E-state index contributed by atoms with van der Waals surface area (Å²) in [6.07, 6.45) is -1.74. The number of halogens is 3. The summed E-state index contributed by atoms with van der Waals surface area (Å²) in [6, 6.07) is 0. The van der Waals surface area contributed by atoms with Crippen molar-refractivity contribution in [2.75, 3.05) is 25.1 Å². The third kappa shape index (κ3) is 1.80. The molecule has 6 nitrogen and oxygen atoms in total. The SMILES string of the molecule is COC1(C(F)(F)F)CCN(c2ncnc3[nH]ncc23)C1. The first-order chi connectivity index (χ1) is 9.47. The van der Waals surface area contributed by atoms with E-state index in [-0.39, 0.29) is 19.5 Å². The minimum absolute atomic E-state index is 0.129. The summed E-state index contributed by atoms with van der Waals surface area (Å²) in [5.41, 5.74) is -1.65. The van der Waals surface area contributed by atoms with Crippen LogP contribution < -0.4 is 4.90 Å². The summed E-state index contributed by atoms with van der Waals surface area (Å²) >= 11 is 0. The van der Waals surface area contributed by atoms with Crippen LogP contribution in [-0.2, 0) is 4.74 Å². The molecule has 108 valence electrons. The van der Waals surface area contributed by atoms with Crippen molar-refractivity contribution in [3.63, 3.8) is 0 Å². The van der Waals surface area contributed by atoms with E-state index in [4.69, 9.17) is 4.74 Å². The van der Waals surface area contributed by atoms with Crippen LogP contribution in [-0.4, -0.2) is 52.1 Å². The average molecular weight is 287 g/mol. The molecule has 0 bridgehead atoms. The molecule has 0 aliphatic carbocycles. The largest absolute Gasteiger partial charge is 0.419 e. The van der Waals surface area contributed by atoms with Gasteiger partial charge in [0, 0.05) is 20.1 Å². The van der Waals surface area contributed by atoms with Gasteiger partial charge in [0.1, 0.15) is 12.1 Å². The van der Waals surface area contributed by atoms with E-state index in [1.165, 1.54) is 12.5 Å². The fraction of sp³-hybridized carbons (Fsp3) is 0.545. The molecule has 0 saturated carbocycles. The molecule has 0 radical (unpaired) electrons. The highest BCUT2D eigenvalue weighted by Crippen LogP contribution is 2.42. The first-order valence-corrected chi connectivity index (χ1v) is 5.98. The Morgan fingerprint density at radius 1 is 1.40 bits per heavy atom. The zero-order valence-electron chi connectivity index (χ0n) is 10.6. The van der Waals surface area contributed by atoms with Gasteiger partial charge in [-0.25, -0.2) is 9.97 Å². The molecule has 0 spiro atoms. The van der Waals surface area contributed by atoms with Gasteiger partial charge in [-0.15, -0.1) is 0 Å². The van der Waals surface area contributed by atoms with Gasteiger partial charge in [0.2, 0.25) is 0 Å². The number of aromatic amines is 1. The molecule has 1 saturated heterocycles. The molecule has 3 rings (SSSR count). The molecule has 0 amide bonds. The lowest BCUT2D eigenvalue weighted by Gasteiger charge is -2.30. The number of alkyl halides is 3. The van der Waals surface area contributed by atoms with Crippen LogP contribution in [0.3, 0.4) is 0 Å². The Bertz CT molecular complexity index is 628. The Morgan fingerprint density at radius 2 is 2.20 bits per heavy atom. The van der Waals surface area contributed by atoms with Crippen LogP contribution in [0.15, 0.2) is 12.5 Å². The lowest BCUT2D eigenvalue weighted by Crippen LogP contribution is -2.49. The molecule has 1 unspecified atom stereocenters. The Labute approximate surface area is 112 Å². The molecule has 2 aromatic rings. The van der Waals surface area contributed by atoms with Gasteiger partial charge in [-0.2, -0.15) is 18.3 Å². The Kier molecular flexibility index (Phi) is 2.82. The number of anilines is 1. The van der Waals surface area contributed by atoms with Gasteiger partial charge >= 0.3 is 6.18 Å². The highest BCUT2D eigenvalue weighted by molar-refractivity contribution is 5.86. The number of rotatable bonds is 2. The number of aromatic nitrogens is 4. The Hall–Kier alpha value is -1.90. The van der Waals surface area contributed by atoms with Crippen molar-refractivity contribution in [1.82, 2.24) is 20.2 Å². The number of hydrogen-bond acceptors (Lipinski definition) is 5. The van der Waals surface area contributed by atoms with Gasteiger partial charge in [-0.1, -0.05) is 0 Å². The molecule has 3 heterocycles. The second-order valence-electron chi connectivity index (χ2n) is 4.70. The molecule has 9 heteroatoms. The summed E-state index contributed by atoms with van der Waals surface area (Å²) in [6.45, 7) is -0.0745. The van der Waals surface area contributed by atoms with E-state index in [9.17, 15) is 13.2 Å². The van der Waals surface area contributed by atoms with Gasteiger partial charge in [-0.05, 0) is 0 Å². The minimum Gasteiger partial charge on any atom is -0.367 e. The highest BCUT2D eigenvalue weighted by atomic mass is 19.4. The lowest BCUT2D eigenvalue weighted by atomic mass is 10.0. The number of nitrogens with zero attached hydrogens (tertiary/aromatic N) is 4. The van der Waals surface area contributed by atoms with E-state index in [0.29, 0.717) is 16.9 Å². The zero-order valence-corrected chi connectivity index (χ0v) is 10.6. The highest BCUT2D eigenvalue weighted by Gasteiger charge is 2.59. The van der Waals surface area contributed by atoms with Crippen molar-refractivity contribution in [3.8, 4) is 0 Å². The number of fused-ring (bicyclic) bond motifs is 1. The number of hydrogen-bond donors (Lipinski definition) is 1. The summed E-state index contributed by atoms with van der Waals surface area (Å²) in [7, 11) is 1.09. The third-order valence-electron chi connectivity index (χ3n) is 3.67. The lowest BCUT2D eigenvalue weighted by molar-refractivity contribution is -0.260. The minimum atomic E-state index is -4.42. The van der Waals surface area contributed by atoms with Crippen molar-refractivity contribution >= 4 is 16.9 Å². The Balaban J connectivity index is 1.96. The first kappa shape index (κ1) is 13.1. The van der Waals surface area contributed by atoms with E-state index < -0.39 is 11.8 Å². The maximum Gasteiger partial charge on any atom is 0.419 e. The van der Waals surface area contributed by atoms with Crippen LogP contribution in [0.4, 0.5) is 19.0 Å². The molecular weight excluding hydrogens is 275 g/mol. The van der Waals surface area contributed by atoms with Gasteiger partial charge in [0.15, 0.2) is 11.2 Å². The van der Waals surface area contributed by atoms with Gasteiger partial charge in [0.25, 0.3) is 0 Å². The van der Waals surface area contributed by atoms with E-state index in [2.05, 4.69) is 20.2 Å². The maximum absolute atomic E-state index is 13.2. The van der Waals surface area contributed by atoms with Crippen molar-refractivity contribution in [1.29, 1.82) is 0 Å². The number of nitrogens with one attached hydrogen (secondary N) is 1. The summed E-state index contributed by atoms with van der Waals surface area (Å²) < 4.78 is 44.2. The second-order valence-corrected chi connectivity index (χ2v) is 4.70. The molecule has 1 atom stereocenters. The van der Waals surface area contributed by atoms with E-state index in [1.807, 2.05) is 0 Å². The van der Waals surface area contributed by atoms with E-state index in [1.54, 1.807) is 4.90 Å². The van der Waals surface area contributed by atoms with Gasteiger partial charge < -0.3 is 9.64 Å². The van der Waals surface area contributed by atoms with Crippen LogP contribution >= 0.6 is 0 Å². The van der Waals surface area contributed by atoms with Crippen LogP contribution in [0.2, 0.25) is 0 Å². The van der Waals surface area contributed by atoms with Crippen LogP contribution in [0, 0.1) is 0 Å². The normalized spacial score (nSPS) is 23.7. The monoisotopic (exact) mass is 287 g/mol. The van der Waals surface area contributed by atoms with Crippen molar-refractivity contribution in [3.05, 3.63) is 12.5 Å². The molecule has 1 fully saturated rings. The summed E-state index contributed by atoms with van der Waals surface area (Å²) in [5.74, 6) is 0.437. The molecule has 1 aliphatic rings. The fourth-order valence-corrected chi connectivity index (χ4v) is 2.48. The number of ether oxygens (including phenoxy) is 1. The quantitative estimate of drug-likeness (QED) is 0.907. The summed E-state index contributed by atoms with van der Waals surface area (Å²) in [4.78, 5) is 9.60. The zero-order chi connectivity index (χ0) is 14.4. The number of methoxy groups -OCH3 is 1. The van der Waals surface area contributed by atoms with E-state index >= 15 is 0 Å². The van der Waals surface area contributed by atoms with Crippen molar-refractivity contribution < 1.29 is 17.9 Å². The second kappa shape index (κ2) is 4.30. The van der Waals surface area contributed by atoms with Crippen LogP contribution in [0.5, 0.6) is 0 Å². The molecular formula is C11H12F3N5O. The third-order valence-corrected chi connectivity index (χ3v) is 3.67. The van der Waals surface area contributed by atoms with E-state index in [0.717, 1.165) is 7.11 Å². The topological polar surface area (TPSA) is 66.9 Å². The smallest absolute Gasteiger partial charge is 0.367 e. The molecule has 20 heavy (non-hydrogen) atoms. The fourth-order valence-electron chi connectivity index (χ4n) is 2.48. The predicted octanol–water partition coefficient (Wildman–Crippen LogP) is 1.51. The maximum atomic E-state index is 13.2. The first-order valence-electron chi connectivity index (χ1n) is 5.98. The molecule has 1 N–H and O–H groups in total. The predicted molar refractivity (Wildman–Crippen MR) is 64.3 cm³/mol. The number of H-pyrrole nitrogens is 1.